The summed E-state index contributed by atoms with van der Waals surface area (Å²) in [6.07, 6.45) is -1.53. The zero-order valence-corrected chi connectivity index (χ0v) is 19.4. The van der Waals surface area contributed by atoms with Crippen LogP contribution < -0.4 is 19.7 Å². The number of methoxy groups -OCH3 is 1. The van der Waals surface area contributed by atoms with Crippen molar-refractivity contribution in [2.24, 2.45) is 0 Å². The summed E-state index contributed by atoms with van der Waals surface area (Å²) in [7, 11) is 3.19. The van der Waals surface area contributed by atoms with Crippen molar-refractivity contribution in [2.75, 3.05) is 25.6 Å². The summed E-state index contributed by atoms with van der Waals surface area (Å²) in [5, 5.41) is 13.7. The number of aliphatic carboxylic acids is 1. The molecule has 9 heteroatoms. The summed E-state index contributed by atoms with van der Waals surface area (Å²) in [6, 6.07) is 15.9. The SMILES string of the molecule is COc1cccc([C@]2([C@H](Oc3nc(C)cc(C)n3)C(=O)O)NCC(=O)N(C)c3ccccc32)c1. The van der Waals surface area contributed by atoms with Crippen molar-refractivity contribution in [3.8, 4) is 11.8 Å². The first-order chi connectivity index (χ1) is 16.3. The van der Waals surface area contributed by atoms with Gasteiger partial charge in [-0.2, -0.15) is 0 Å². The third kappa shape index (κ3) is 4.06. The lowest BCUT2D eigenvalue weighted by Crippen LogP contribution is -2.58. The topological polar surface area (TPSA) is 114 Å². The van der Waals surface area contributed by atoms with Crippen molar-refractivity contribution in [1.82, 2.24) is 15.3 Å². The lowest BCUT2D eigenvalue weighted by atomic mass is 9.77. The van der Waals surface area contributed by atoms with E-state index in [-0.39, 0.29) is 18.5 Å². The molecule has 176 valence electrons. The van der Waals surface area contributed by atoms with E-state index in [9.17, 15) is 14.7 Å². The van der Waals surface area contributed by atoms with Gasteiger partial charge >= 0.3 is 12.0 Å². The van der Waals surface area contributed by atoms with Gasteiger partial charge < -0.3 is 19.5 Å². The zero-order valence-electron chi connectivity index (χ0n) is 19.4. The molecule has 2 heterocycles. The van der Waals surface area contributed by atoms with E-state index in [1.807, 2.05) is 0 Å². The second-order valence-corrected chi connectivity index (χ2v) is 8.13. The number of aryl methyl sites for hydroxylation is 2. The fourth-order valence-corrected chi connectivity index (χ4v) is 4.35. The van der Waals surface area contributed by atoms with Crippen LogP contribution in [0.4, 0.5) is 5.69 Å². The number of hydrogen-bond donors (Lipinski definition) is 2. The smallest absolute Gasteiger partial charge is 0.347 e. The van der Waals surface area contributed by atoms with E-state index >= 15 is 0 Å². The molecule has 0 unspecified atom stereocenters. The number of amides is 1. The maximum atomic E-state index is 12.9. The summed E-state index contributed by atoms with van der Waals surface area (Å²) in [5.41, 5.74) is 1.50. The summed E-state index contributed by atoms with van der Waals surface area (Å²) in [6.45, 7) is 3.44. The maximum absolute atomic E-state index is 12.9. The first-order valence-electron chi connectivity index (χ1n) is 10.7. The largest absolute Gasteiger partial charge is 0.497 e. The van der Waals surface area contributed by atoms with Crippen molar-refractivity contribution in [3.63, 3.8) is 0 Å². The molecular formula is C25H26N4O5. The van der Waals surface area contributed by atoms with Crippen LogP contribution in [0.5, 0.6) is 11.8 Å². The Bertz CT molecular complexity index is 1230. The van der Waals surface area contributed by atoms with Crippen LogP contribution in [-0.4, -0.2) is 53.8 Å². The Labute approximate surface area is 197 Å². The molecule has 2 atom stereocenters. The Hall–Kier alpha value is -3.98. The minimum Gasteiger partial charge on any atom is -0.497 e. The number of fused-ring (bicyclic) bond motifs is 1. The van der Waals surface area contributed by atoms with E-state index in [0.29, 0.717) is 34.0 Å². The summed E-state index contributed by atoms with van der Waals surface area (Å²) in [5.74, 6) is -0.930. The zero-order chi connectivity index (χ0) is 24.5. The number of rotatable bonds is 6. The highest BCUT2D eigenvalue weighted by molar-refractivity contribution is 5.97. The molecule has 1 aliphatic heterocycles. The summed E-state index contributed by atoms with van der Waals surface area (Å²) in [4.78, 5) is 35.8. The van der Waals surface area contributed by atoms with E-state index in [1.54, 1.807) is 75.5 Å². The fourth-order valence-electron chi connectivity index (χ4n) is 4.35. The van der Waals surface area contributed by atoms with E-state index in [4.69, 9.17) is 9.47 Å². The summed E-state index contributed by atoms with van der Waals surface area (Å²) >= 11 is 0. The second kappa shape index (κ2) is 9.11. The van der Waals surface area contributed by atoms with Crippen LogP contribution in [0.25, 0.3) is 0 Å². The van der Waals surface area contributed by atoms with Crippen molar-refractivity contribution in [3.05, 3.63) is 77.1 Å². The molecule has 2 N–H and O–H groups in total. The molecule has 0 spiro atoms. The van der Waals surface area contributed by atoms with Crippen LogP contribution in [0.15, 0.2) is 54.6 Å². The molecule has 2 aromatic carbocycles. The van der Waals surface area contributed by atoms with Crippen LogP contribution in [0.1, 0.15) is 22.5 Å². The number of hydrogen-bond acceptors (Lipinski definition) is 7. The van der Waals surface area contributed by atoms with Crippen LogP contribution in [0, 0.1) is 13.8 Å². The number of anilines is 1. The van der Waals surface area contributed by atoms with Crippen LogP contribution in [0.2, 0.25) is 0 Å². The molecule has 4 rings (SSSR count). The van der Waals surface area contributed by atoms with E-state index in [1.165, 1.54) is 12.0 Å². The molecule has 9 nitrogen and oxygen atoms in total. The second-order valence-electron chi connectivity index (χ2n) is 8.13. The third-order valence-electron chi connectivity index (χ3n) is 5.91. The van der Waals surface area contributed by atoms with Gasteiger partial charge in [0, 0.05) is 29.7 Å². The number of nitrogens with zero attached hydrogens (tertiary/aromatic N) is 3. The fraction of sp³-hybridized carbons (Fsp3) is 0.280. The number of para-hydroxylation sites is 1. The van der Waals surface area contributed by atoms with Gasteiger partial charge in [-0.1, -0.05) is 30.3 Å². The van der Waals surface area contributed by atoms with E-state index in [2.05, 4.69) is 15.3 Å². The van der Waals surface area contributed by atoms with Crippen molar-refractivity contribution in [1.29, 1.82) is 0 Å². The Balaban J connectivity index is 2.01. The number of aromatic nitrogens is 2. The first kappa shape index (κ1) is 23.2. The number of carbonyl (C=O) groups is 2. The number of carbonyl (C=O) groups excluding carboxylic acids is 1. The predicted octanol–water partition coefficient (Wildman–Crippen LogP) is 2.44. The lowest BCUT2D eigenvalue weighted by molar-refractivity contribution is -0.149. The minimum absolute atomic E-state index is 0.0598. The van der Waals surface area contributed by atoms with Crippen LogP contribution in [-0.2, 0) is 15.1 Å². The average Bonchev–Trinajstić information content (AvgIpc) is 2.92. The molecule has 1 amide bonds. The number of carboxylic acid groups (broad SMARTS) is 1. The highest BCUT2D eigenvalue weighted by Crippen LogP contribution is 2.42. The number of nitrogens with one attached hydrogen (secondary N) is 1. The van der Waals surface area contributed by atoms with Gasteiger partial charge in [0.1, 0.15) is 11.3 Å². The van der Waals surface area contributed by atoms with Gasteiger partial charge in [0.25, 0.3) is 0 Å². The monoisotopic (exact) mass is 462 g/mol. The molecule has 0 bridgehead atoms. The highest BCUT2D eigenvalue weighted by Gasteiger charge is 2.52. The first-order valence-corrected chi connectivity index (χ1v) is 10.7. The average molecular weight is 463 g/mol. The molecule has 1 aromatic heterocycles. The van der Waals surface area contributed by atoms with Gasteiger partial charge in [-0.15, -0.1) is 0 Å². The molecule has 34 heavy (non-hydrogen) atoms. The van der Waals surface area contributed by atoms with Gasteiger partial charge in [-0.25, -0.2) is 14.8 Å². The van der Waals surface area contributed by atoms with Gasteiger partial charge in [0.15, 0.2) is 0 Å². The molecule has 1 aliphatic rings. The van der Waals surface area contributed by atoms with Crippen LogP contribution >= 0.6 is 0 Å². The maximum Gasteiger partial charge on any atom is 0.347 e. The molecule has 0 saturated carbocycles. The molecule has 0 aliphatic carbocycles. The standard InChI is InChI=1S/C25H26N4O5/c1-15-12-16(2)28-24(27-15)34-22(23(31)32)25(17-8-7-9-18(13-17)33-4)19-10-5-6-11-20(19)29(3)21(30)14-26-25/h5-13,22,26H,14H2,1-4H3,(H,31,32)/t22-,25+/m1/s1. The summed E-state index contributed by atoms with van der Waals surface area (Å²) < 4.78 is 11.5. The van der Waals surface area contributed by atoms with E-state index < -0.39 is 17.6 Å². The Morgan fingerprint density at radius 3 is 2.50 bits per heavy atom. The lowest BCUT2D eigenvalue weighted by Gasteiger charge is -2.39. The number of likely N-dealkylation sites (N-methyl/N-ethyl adjacent to an activating group) is 1. The van der Waals surface area contributed by atoms with Gasteiger partial charge in [-0.05, 0) is 43.7 Å². The van der Waals surface area contributed by atoms with Gasteiger partial charge in [0.05, 0.1) is 13.7 Å². The van der Waals surface area contributed by atoms with Crippen molar-refractivity contribution >= 4 is 17.6 Å². The van der Waals surface area contributed by atoms with Crippen LogP contribution in [0.3, 0.4) is 0 Å². The minimum atomic E-state index is -1.53. The Kier molecular flexibility index (Phi) is 6.21. The molecule has 0 radical (unpaired) electrons. The highest BCUT2D eigenvalue weighted by atomic mass is 16.5. The molecule has 3 aromatic rings. The molecular weight excluding hydrogens is 436 g/mol. The van der Waals surface area contributed by atoms with Crippen molar-refractivity contribution in [2.45, 2.75) is 25.5 Å². The normalized spacial score (nSPS) is 18.6. The Morgan fingerprint density at radius 1 is 1.12 bits per heavy atom. The number of carboxylic acids is 1. The quantitative estimate of drug-likeness (QED) is 0.574. The Morgan fingerprint density at radius 2 is 1.82 bits per heavy atom. The molecule has 0 saturated heterocycles. The van der Waals surface area contributed by atoms with Gasteiger partial charge in [0.2, 0.25) is 12.0 Å². The van der Waals surface area contributed by atoms with Gasteiger partial charge in [-0.3, -0.25) is 10.1 Å². The molecule has 0 fully saturated rings. The predicted molar refractivity (Wildman–Crippen MR) is 125 cm³/mol. The van der Waals surface area contributed by atoms with E-state index in [0.717, 1.165) is 0 Å². The third-order valence-corrected chi connectivity index (χ3v) is 5.91. The number of benzene rings is 2. The van der Waals surface area contributed by atoms with Crippen molar-refractivity contribution < 1.29 is 24.2 Å². The number of ether oxygens (including phenoxy) is 2.